The fourth-order valence-corrected chi connectivity index (χ4v) is 1.94. The molecule has 0 spiro atoms. The van der Waals surface area contributed by atoms with Gasteiger partial charge < -0.3 is 15.5 Å². The van der Waals surface area contributed by atoms with E-state index in [1.54, 1.807) is 6.92 Å². The van der Waals surface area contributed by atoms with E-state index in [1.807, 2.05) is 6.92 Å². The average molecular weight is 287 g/mol. The van der Waals surface area contributed by atoms with Crippen molar-refractivity contribution in [1.82, 2.24) is 5.32 Å². The number of carboxylic acid groups (broad SMARTS) is 1. The van der Waals surface area contributed by atoms with E-state index in [1.165, 1.54) is 0 Å². The maximum absolute atomic E-state index is 12.0. The number of ketones is 1. The second kappa shape index (κ2) is 10.4. The minimum Gasteiger partial charge on any atom is -0.480 e. The summed E-state index contributed by atoms with van der Waals surface area (Å²) in [6.07, 6.45) is 3.30. The maximum Gasteiger partial charge on any atom is 0.326 e. The highest BCUT2D eigenvalue weighted by Crippen LogP contribution is 2.11. The van der Waals surface area contributed by atoms with Crippen molar-refractivity contribution in [3.05, 3.63) is 0 Å². The van der Waals surface area contributed by atoms with Gasteiger partial charge >= 0.3 is 5.97 Å². The molecule has 0 aromatic heterocycles. The average Bonchev–Trinajstić information content (AvgIpc) is 2.39. The minimum atomic E-state index is -1.21. The maximum atomic E-state index is 12.0. The van der Waals surface area contributed by atoms with Crippen LogP contribution in [0.1, 0.15) is 52.4 Å². The molecule has 2 atom stereocenters. The zero-order valence-electron chi connectivity index (χ0n) is 12.2. The highest BCUT2D eigenvalue weighted by Gasteiger charge is 2.28. The summed E-state index contributed by atoms with van der Waals surface area (Å²) in [5.74, 6) is -2.71. The van der Waals surface area contributed by atoms with Crippen LogP contribution in [0.5, 0.6) is 0 Å². The van der Waals surface area contributed by atoms with Crippen LogP contribution in [0.2, 0.25) is 0 Å². The first kappa shape index (κ1) is 18.6. The van der Waals surface area contributed by atoms with Gasteiger partial charge in [0.05, 0.1) is 5.92 Å². The molecule has 20 heavy (non-hydrogen) atoms. The molecule has 1 amide bonds. The van der Waals surface area contributed by atoms with Crippen LogP contribution in [0.3, 0.4) is 0 Å². The topological polar surface area (TPSA) is 104 Å². The Kier molecular flexibility index (Phi) is 9.63. The van der Waals surface area contributed by atoms with Crippen molar-refractivity contribution in [2.45, 2.75) is 58.4 Å². The molecule has 0 aromatic carbocycles. The SMILES string of the molecule is CCCCCC(=O)C(CC)C(=O)NC(CCO)C(=O)O. The number of hydrogen-bond donors (Lipinski definition) is 3. The van der Waals surface area contributed by atoms with E-state index in [9.17, 15) is 14.4 Å². The number of carboxylic acids is 1. The smallest absolute Gasteiger partial charge is 0.326 e. The van der Waals surface area contributed by atoms with Gasteiger partial charge in [0.25, 0.3) is 0 Å². The van der Waals surface area contributed by atoms with Gasteiger partial charge in [-0.15, -0.1) is 0 Å². The third-order valence-corrected chi connectivity index (χ3v) is 3.17. The number of unbranched alkanes of at least 4 members (excludes halogenated alkanes) is 2. The summed E-state index contributed by atoms with van der Waals surface area (Å²) < 4.78 is 0. The third-order valence-electron chi connectivity index (χ3n) is 3.17. The number of aliphatic carboxylic acids is 1. The van der Waals surface area contributed by atoms with Gasteiger partial charge in [0, 0.05) is 19.4 Å². The number of hydrogen-bond acceptors (Lipinski definition) is 4. The van der Waals surface area contributed by atoms with Crippen molar-refractivity contribution in [3.8, 4) is 0 Å². The molecule has 0 heterocycles. The fraction of sp³-hybridized carbons (Fsp3) is 0.786. The molecule has 0 aliphatic carbocycles. The number of nitrogens with one attached hydrogen (secondary N) is 1. The van der Waals surface area contributed by atoms with Gasteiger partial charge in [0.15, 0.2) is 0 Å². The van der Waals surface area contributed by atoms with E-state index in [0.29, 0.717) is 12.8 Å². The molecule has 0 fully saturated rings. The van der Waals surface area contributed by atoms with Gasteiger partial charge in [-0.25, -0.2) is 4.79 Å². The number of aliphatic hydroxyl groups excluding tert-OH is 1. The first-order valence-electron chi connectivity index (χ1n) is 7.14. The molecule has 0 saturated carbocycles. The second-order valence-corrected chi connectivity index (χ2v) is 4.80. The molecule has 0 aliphatic rings. The number of rotatable bonds is 11. The van der Waals surface area contributed by atoms with Gasteiger partial charge in [-0.05, 0) is 12.8 Å². The molecule has 6 heteroatoms. The first-order chi connectivity index (χ1) is 9.47. The Morgan fingerprint density at radius 3 is 2.25 bits per heavy atom. The van der Waals surface area contributed by atoms with E-state index in [4.69, 9.17) is 10.2 Å². The van der Waals surface area contributed by atoms with Crippen LogP contribution in [0.25, 0.3) is 0 Å². The summed E-state index contributed by atoms with van der Waals surface area (Å²) in [5.41, 5.74) is 0. The summed E-state index contributed by atoms with van der Waals surface area (Å²) in [6, 6.07) is -1.15. The third kappa shape index (κ3) is 6.65. The van der Waals surface area contributed by atoms with Crippen LogP contribution in [-0.2, 0) is 14.4 Å². The van der Waals surface area contributed by atoms with E-state index in [2.05, 4.69) is 5.32 Å². The first-order valence-corrected chi connectivity index (χ1v) is 7.14. The Bertz CT molecular complexity index is 330. The predicted octanol–water partition coefficient (Wildman–Crippen LogP) is 1.11. The highest BCUT2D eigenvalue weighted by atomic mass is 16.4. The van der Waals surface area contributed by atoms with Crippen LogP contribution >= 0.6 is 0 Å². The van der Waals surface area contributed by atoms with Crippen LogP contribution in [0.15, 0.2) is 0 Å². The molecule has 0 aromatic rings. The van der Waals surface area contributed by atoms with Crippen LogP contribution < -0.4 is 5.32 Å². The zero-order valence-corrected chi connectivity index (χ0v) is 12.2. The van der Waals surface area contributed by atoms with E-state index in [0.717, 1.165) is 19.3 Å². The molecule has 116 valence electrons. The molecule has 0 radical (unpaired) electrons. The largest absolute Gasteiger partial charge is 0.480 e. The number of amides is 1. The van der Waals surface area contributed by atoms with Crippen molar-refractivity contribution in [3.63, 3.8) is 0 Å². The van der Waals surface area contributed by atoms with Crippen molar-refractivity contribution in [2.24, 2.45) is 5.92 Å². The van der Waals surface area contributed by atoms with Crippen molar-refractivity contribution in [1.29, 1.82) is 0 Å². The van der Waals surface area contributed by atoms with Crippen molar-refractivity contribution < 1.29 is 24.6 Å². The lowest BCUT2D eigenvalue weighted by molar-refractivity contribution is -0.144. The van der Waals surface area contributed by atoms with Crippen molar-refractivity contribution >= 4 is 17.7 Å². The van der Waals surface area contributed by atoms with Gasteiger partial charge in [-0.1, -0.05) is 26.7 Å². The second-order valence-electron chi connectivity index (χ2n) is 4.80. The van der Waals surface area contributed by atoms with Crippen molar-refractivity contribution in [2.75, 3.05) is 6.61 Å². The Balaban J connectivity index is 4.51. The molecule has 0 saturated heterocycles. The highest BCUT2D eigenvalue weighted by molar-refractivity contribution is 6.02. The number of aliphatic hydroxyl groups is 1. The standard InChI is InChI=1S/C14H25NO5/c1-3-5-6-7-12(17)10(4-2)13(18)15-11(8-9-16)14(19)20/h10-11,16H,3-9H2,1-2H3,(H,15,18)(H,19,20). The molecular weight excluding hydrogens is 262 g/mol. The van der Waals surface area contributed by atoms with E-state index in [-0.39, 0.29) is 18.8 Å². The molecular formula is C14H25NO5. The lowest BCUT2D eigenvalue weighted by atomic mass is 9.95. The molecule has 6 nitrogen and oxygen atoms in total. The lowest BCUT2D eigenvalue weighted by Gasteiger charge is -2.18. The number of Topliss-reactive ketones (excluding diaryl/α,β-unsaturated/α-hetero) is 1. The van der Waals surface area contributed by atoms with E-state index >= 15 is 0 Å². The van der Waals surface area contributed by atoms with E-state index < -0.39 is 23.8 Å². The fourth-order valence-electron chi connectivity index (χ4n) is 1.94. The lowest BCUT2D eigenvalue weighted by Crippen LogP contribution is -2.45. The molecule has 3 N–H and O–H groups in total. The minimum absolute atomic E-state index is 0.0679. The normalized spacial score (nSPS) is 13.6. The van der Waals surface area contributed by atoms with Gasteiger partial charge in [0.2, 0.25) is 5.91 Å². The number of carbonyl (C=O) groups excluding carboxylic acids is 2. The quantitative estimate of drug-likeness (QED) is 0.390. The van der Waals surface area contributed by atoms with Gasteiger partial charge in [-0.2, -0.15) is 0 Å². The Morgan fingerprint density at radius 1 is 1.15 bits per heavy atom. The summed E-state index contributed by atoms with van der Waals surface area (Å²) in [5, 5.41) is 20.0. The van der Waals surface area contributed by atoms with Crippen LogP contribution in [-0.4, -0.2) is 40.5 Å². The molecule has 2 unspecified atom stereocenters. The summed E-state index contributed by atoms with van der Waals surface area (Å²) >= 11 is 0. The summed E-state index contributed by atoms with van der Waals surface area (Å²) in [7, 11) is 0. The van der Waals surface area contributed by atoms with Crippen LogP contribution in [0.4, 0.5) is 0 Å². The molecule has 0 rings (SSSR count). The molecule has 0 aliphatic heterocycles. The Labute approximate surface area is 119 Å². The molecule has 0 bridgehead atoms. The Hall–Kier alpha value is -1.43. The predicted molar refractivity (Wildman–Crippen MR) is 74.2 cm³/mol. The van der Waals surface area contributed by atoms with Gasteiger partial charge in [-0.3, -0.25) is 9.59 Å². The van der Waals surface area contributed by atoms with Gasteiger partial charge in [0.1, 0.15) is 11.8 Å². The summed E-state index contributed by atoms with van der Waals surface area (Å²) in [4.78, 5) is 34.8. The number of carbonyl (C=O) groups is 3. The summed E-state index contributed by atoms with van der Waals surface area (Å²) in [6.45, 7) is 3.42. The Morgan fingerprint density at radius 2 is 1.80 bits per heavy atom. The zero-order chi connectivity index (χ0) is 15.5. The monoisotopic (exact) mass is 287 g/mol. The van der Waals surface area contributed by atoms with Crippen LogP contribution in [0, 0.1) is 5.92 Å².